The third kappa shape index (κ3) is 11.6. The Balaban J connectivity index is 1.99. The maximum Gasteiger partial charge on any atom is 0.329 e. The fraction of sp³-hybridized carbons (Fsp3) is 0.467. The lowest BCUT2D eigenvalue weighted by molar-refractivity contribution is -0.160. The maximum atomic E-state index is 12.9. The molecule has 2 amide bonds. The van der Waals surface area contributed by atoms with E-state index in [0.29, 0.717) is 17.7 Å². The first-order valence-corrected chi connectivity index (χ1v) is 13.0. The lowest BCUT2D eigenvalue weighted by Crippen LogP contribution is -2.51. The number of esters is 2. The number of anilines is 1. The minimum absolute atomic E-state index is 0.00823. The summed E-state index contributed by atoms with van der Waals surface area (Å²) in [5.41, 5.74) is 7.48. The van der Waals surface area contributed by atoms with E-state index in [1.165, 1.54) is 6.92 Å². The monoisotopic (exact) mass is 539 g/mol. The van der Waals surface area contributed by atoms with Crippen LogP contribution in [0.2, 0.25) is 0 Å². The average molecular weight is 540 g/mol. The number of carbonyl (C=O) groups excluding carboxylic acids is 4. The molecule has 2 aromatic carbocycles. The van der Waals surface area contributed by atoms with E-state index in [1.54, 1.807) is 53.7 Å². The minimum atomic E-state index is -1.09. The van der Waals surface area contributed by atoms with Gasteiger partial charge in [-0.05, 0) is 96.7 Å². The second kappa shape index (κ2) is 13.3. The number of benzene rings is 2. The number of ether oxygens (including phenoxy) is 2. The highest BCUT2D eigenvalue weighted by atomic mass is 16.6. The molecule has 0 bridgehead atoms. The number of amides is 2. The Morgan fingerprint density at radius 1 is 0.795 bits per heavy atom. The second-order valence-electron chi connectivity index (χ2n) is 11.5. The van der Waals surface area contributed by atoms with Gasteiger partial charge in [0.05, 0.1) is 0 Å². The number of nitrogens with one attached hydrogen (secondary N) is 2. The molecular weight excluding hydrogens is 498 g/mol. The zero-order valence-corrected chi connectivity index (χ0v) is 23.9. The summed E-state index contributed by atoms with van der Waals surface area (Å²) in [6.45, 7) is 11.9. The standard InChI is InChI=1S/C30H41N3O6/c1-19(32-27(36)22-12-8-20(9-13-22)18-21-10-14-23(31)15-11-21)26(35)33-24(28(37)39-30(5,6)7)16-17-25(34)38-29(2,3)4/h8-15,19,24H,16-18,31H2,1-7H3,(H,32,36)(H,33,35)/t19-,24-/m0/s1. The van der Waals surface area contributed by atoms with Crippen LogP contribution in [0, 0.1) is 0 Å². The molecule has 39 heavy (non-hydrogen) atoms. The molecule has 9 nitrogen and oxygen atoms in total. The molecule has 0 saturated carbocycles. The average Bonchev–Trinajstić information content (AvgIpc) is 2.81. The van der Waals surface area contributed by atoms with Gasteiger partial charge in [-0.3, -0.25) is 14.4 Å². The SMILES string of the molecule is C[C@H](NC(=O)c1ccc(Cc2ccc(N)cc2)cc1)C(=O)N[C@@H](CCC(=O)OC(C)(C)C)C(=O)OC(C)(C)C. The topological polar surface area (TPSA) is 137 Å². The number of hydrogen-bond acceptors (Lipinski definition) is 7. The van der Waals surface area contributed by atoms with Gasteiger partial charge in [-0.1, -0.05) is 24.3 Å². The summed E-state index contributed by atoms with van der Waals surface area (Å²) >= 11 is 0. The maximum absolute atomic E-state index is 12.9. The number of nitrogen functional groups attached to an aromatic ring is 1. The largest absolute Gasteiger partial charge is 0.460 e. The number of nitrogens with two attached hydrogens (primary N) is 1. The molecule has 2 aromatic rings. The van der Waals surface area contributed by atoms with Gasteiger partial charge < -0.3 is 25.8 Å². The molecule has 0 spiro atoms. The summed E-state index contributed by atoms with van der Waals surface area (Å²) in [5.74, 6) is -2.18. The third-order valence-corrected chi connectivity index (χ3v) is 5.41. The highest BCUT2D eigenvalue weighted by Gasteiger charge is 2.30. The molecule has 9 heteroatoms. The van der Waals surface area contributed by atoms with Crippen molar-refractivity contribution in [2.24, 2.45) is 0 Å². The van der Waals surface area contributed by atoms with E-state index >= 15 is 0 Å². The predicted molar refractivity (Wildman–Crippen MR) is 150 cm³/mol. The van der Waals surface area contributed by atoms with E-state index in [-0.39, 0.29) is 12.8 Å². The van der Waals surface area contributed by atoms with Crippen LogP contribution in [0.4, 0.5) is 5.69 Å². The van der Waals surface area contributed by atoms with Crippen molar-refractivity contribution in [3.05, 3.63) is 65.2 Å². The zero-order valence-electron chi connectivity index (χ0n) is 23.9. The molecule has 0 radical (unpaired) electrons. The summed E-state index contributed by atoms with van der Waals surface area (Å²) in [5, 5.41) is 5.26. The highest BCUT2D eigenvalue weighted by Crippen LogP contribution is 2.15. The minimum Gasteiger partial charge on any atom is -0.460 e. The molecule has 0 aliphatic carbocycles. The van der Waals surface area contributed by atoms with Gasteiger partial charge in [0.25, 0.3) is 5.91 Å². The van der Waals surface area contributed by atoms with Crippen LogP contribution in [0.3, 0.4) is 0 Å². The predicted octanol–water partition coefficient (Wildman–Crippen LogP) is 3.93. The quantitative estimate of drug-likeness (QED) is 0.307. The zero-order chi connectivity index (χ0) is 29.4. The van der Waals surface area contributed by atoms with Crippen LogP contribution in [-0.4, -0.2) is 47.0 Å². The van der Waals surface area contributed by atoms with E-state index in [0.717, 1.165) is 11.1 Å². The van der Waals surface area contributed by atoms with E-state index in [1.807, 2.05) is 36.4 Å². The first-order chi connectivity index (χ1) is 18.0. The van der Waals surface area contributed by atoms with Crippen molar-refractivity contribution in [1.29, 1.82) is 0 Å². The van der Waals surface area contributed by atoms with Crippen molar-refractivity contribution in [2.45, 2.75) is 91.0 Å². The van der Waals surface area contributed by atoms with Gasteiger partial charge in [-0.15, -0.1) is 0 Å². The first kappa shape index (κ1) is 31.3. The van der Waals surface area contributed by atoms with E-state index < -0.39 is 47.0 Å². The number of rotatable bonds is 10. The highest BCUT2D eigenvalue weighted by molar-refractivity contribution is 5.98. The van der Waals surface area contributed by atoms with Gasteiger partial charge in [-0.25, -0.2) is 4.79 Å². The summed E-state index contributed by atoms with van der Waals surface area (Å²) in [6, 6.07) is 12.6. The van der Waals surface area contributed by atoms with Crippen molar-refractivity contribution >= 4 is 29.4 Å². The Kier molecular flexibility index (Phi) is 10.7. The van der Waals surface area contributed by atoms with Crippen LogP contribution >= 0.6 is 0 Å². The molecule has 2 rings (SSSR count). The van der Waals surface area contributed by atoms with Gasteiger partial charge >= 0.3 is 11.9 Å². The molecule has 0 aliphatic heterocycles. The van der Waals surface area contributed by atoms with E-state index in [2.05, 4.69) is 10.6 Å². The molecular formula is C30H41N3O6. The van der Waals surface area contributed by atoms with Crippen molar-refractivity contribution in [3.8, 4) is 0 Å². The summed E-state index contributed by atoms with van der Waals surface area (Å²) in [6.07, 6.45) is 0.590. The molecule has 0 unspecified atom stereocenters. The molecule has 4 N–H and O–H groups in total. The second-order valence-corrected chi connectivity index (χ2v) is 11.5. The van der Waals surface area contributed by atoms with Crippen LogP contribution in [-0.2, 0) is 30.3 Å². The summed E-state index contributed by atoms with van der Waals surface area (Å²) in [7, 11) is 0. The lowest BCUT2D eigenvalue weighted by Gasteiger charge is -2.26. The van der Waals surface area contributed by atoms with Crippen molar-refractivity contribution in [1.82, 2.24) is 10.6 Å². The first-order valence-electron chi connectivity index (χ1n) is 13.0. The molecule has 2 atom stereocenters. The molecule has 0 heterocycles. The molecule has 0 aliphatic rings. The number of hydrogen-bond donors (Lipinski definition) is 3. The van der Waals surface area contributed by atoms with Gasteiger partial charge in [-0.2, -0.15) is 0 Å². The van der Waals surface area contributed by atoms with Gasteiger partial charge in [0.15, 0.2) is 0 Å². The Hall–Kier alpha value is -3.88. The van der Waals surface area contributed by atoms with Gasteiger partial charge in [0.2, 0.25) is 5.91 Å². The summed E-state index contributed by atoms with van der Waals surface area (Å²) < 4.78 is 10.7. The molecule has 212 valence electrons. The van der Waals surface area contributed by atoms with Gasteiger partial charge in [0.1, 0.15) is 23.3 Å². The molecule has 0 saturated heterocycles. The Bertz CT molecular complexity index is 1150. The van der Waals surface area contributed by atoms with E-state index in [9.17, 15) is 19.2 Å². The van der Waals surface area contributed by atoms with Crippen molar-refractivity contribution in [3.63, 3.8) is 0 Å². The fourth-order valence-electron chi connectivity index (χ4n) is 3.56. The van der Waals surface area contributed by atoms with Crippen LogP contribution in [0.1, 0.15) is 82.8 Å². The smallest absolute Gasteiger partial charge is 0.329 e. The van der Waals surface area contributed by atoms with Crippen LogP contribution in [0.25, 0.3) is 0 Å². The summed E-state index contributed by atoms with van der Waals surface area (Å²) in [4.78, 5) is 50.6. The van der Waals surface area contributed by atoms with Gasteiger partial charge in [0, 0.05) is 17.7 Å². The normalized spacial score (nSPS) is 13.1. The van der Waals surface area contributed by atoms with Crippen LogP contribution < -0.4 is 16.4 Å². The Labute approximate surface area is 230 Å². The van der Waals surface area contributed by atoms with Crippen molar-refractivity contribution in [2.75, 3.05) is 5.73 Å². The lowest BCUT2D eigenvalue weighted by atomic mass is 10.0. The van der Waals surface area contributed by atoms with Crippen molar-refractivity contribution < 1.29 is 28.7 Å². The number of carbonyl (C=O) groups is 4. The Morgan fingerprint density at radius 3 is 1.82 bits per heavy atom. The molecule has 0 fully saturated rings. The van der Waals surface area contributed by atoms with Crippen LogP contribution in [0.15, 0.2) is 48.5 Å². The fourth-order valence-corrected chi connectivity index (χ4v) is 3.56. The van der Waals surface area contributed by atoms with Crippen LogP contribution in [0.5, 0.6) is 0 Å². The third-order valence-electron chi connectivity index (χ3n) is 5.41. The van der Waals surface area contributed by atoms with E-state index in [4.69, 9.17) is 15.2 Å². The Morgan fingerprint density at radius 2 is 1.31 bits per heavy atom. The molecule has 0 aromatic heterocycles.